The standard InChI is InChI=1S/C17H13ClF3NO3/c1-10-13(18)3-2-4-14(10)22-15(23)9-25-16(24)11-5-7-12(8-6-11)17(19,20)21/h2-8H,9H2,1H3,(H,22,23). The van der Waals surface area contributed by atoms with Gasteiger partial charge in [0.2, 0.25) is 0 Å². The zero-order valence-electron chi connectivity index (χ0n) is 13.0. The molecule has 0 spiro atoms. The van der Waals surface area contributed by atoms with Gasteiger partial charge >= 0.3 is 12.1 Å². The lowest BCUT2D eigenvalue weighted by Gasteiger charge is -2.10. The van der Waals surface area contributed by atoms with Crippen molar-refractivity contribution in [2.75, 3.05) is 11.9 Å². The Morgan fingerprint density at radius 1 is 1.12 bits per heavy atom. The third-order valence-electron chi connectivity index (χ3n) is 3.32. The molecule has 0 saturated heterocycles. The maximum Gasteiger partial charge on any atom is 0.416 e. The van der Waals surface area contributed by atoms with Gasteiger partial charge < -0.3 is 10.1 Å². The van der Waals surface area contributed by atoms with E-state index >= 15 is 0 Å². The molecule has 0 heterocycles. The Morgan fingerprint density at radius 2 is 1.76 bits per heavy atom. The highest BCUT2D eigenvalue weighted by atomic mass is 35.5. The number of rotatable bonds is 4. The first-order valence-corrected chi connectivity index (χ1v) is 7.45. The molecule has 132 valence electrons. The molecule has 2 aromatic carbocycles. The fourth-order valence-corrected chi connectivity index (χ4v) is 2.11. The van der Waals surface area contributed by atoms with Crippen molar-refractivity contribution in [3.63, 3.8) is 0 Å². The monoisotopic (exact) mass is 371 g/mol. The molecular weight excluding hydrogens is 359 g/mol. The molecule has 0 aliphatic rings. The van der Waals surface area contributed by atoms with E-state index in [4.69, 9.17) is 16.3 Å². The number of hydrogen-bond donors (Lipinski definition) is 1. The molecule has 2 aromatic rings. The molecule has 0 bridgehead atoms. The van der Waals surface area contributed by atoms with Gasteiger partial charge in [-0.05, 0) is 48.9 Å². The summed E-state index contributed by atoms with van der Waals surface area (Å²) in [7, 11) is 0. The Balaban J connectivity index is 1.93. The Bertz CT molecular complexity index is 789. The first-order chi connectivity index (χ1) is 11.7. The van der Waals surface area contributed by atoms with Crippen molar-refractivity contribution >= 4 is 29.2 Å². The SMILES string of the molecule is Cc1c(Cl)cccc1NC(=O)COC(=O)c1ccc(C(F)(F)F)cc1. The summed E-state index contributed by atoms with van der Waals surface area (Å²) < 4.78 is 42.2. The molecule has 2 rings (SSSR count). The number of carbonyl (C=O) groups is 2. The number of anilines is 1. The van der Waals surface area contributed by atoms with E-state index in [1.807, 2.05) is 0 Å². The molecule has 1 amide bonds. The van der Waals surface area contributed by atoms with Gasteiger partial charge in [0.05, 0.1) is 11.1 Å². The Kier molecular flexibility index (Phi) is 5.69. The minimum absolute atomic E-state index is 0.0836. The normalized spacial score (nSPS) is 11.1. The van der Waals surface area contributed by atoms with Gasteiger partial charge in [-0.3, -0.25) is 4.79 Å². The molecule has 25 heavy (non-hydrogen) atoms. The van der Waals surface area contributed by atoms with E-state index in [-0.39, 0.29) is 5.56 Å². The highest BCUT2D eigenvalue weighted by molar-refractivity contribution is 6.31. The molecule has 0 unspecified atom stereocenters. The number of amides is 1. The average molecular weight is 372 g/mol. The van der Waals surface area contributed by atoms with Crippen LogP contribution in [0, 0.1) is 6.92 Å². The van der Waals surface area contributed by atoms with Gasteiger partial charge in [0, 0.05) is 10.7 Å². The first kappa shape index (κ1) is 18.8. The van der Waals surface area contributed by atoms with Crippen LogP contribution < -0.4 is 5.32 Å². The van der Waals surface area contributed by atoms with Gasteiger partial charge in [-0.15, -0.1) is 0 Å². The van der Waals surface area contributed by atoms with Crippen LogP contribution in [-0.4, -0.2) is 18.5 Å². The summed E-state index contributed by atoms with van der Waals surface area (Å²) in [5.41, 5.74) is 0.174. The van der Waals surface area contributed by atoms with E-state index in [0.29, 0.717) is 16.3 Å². The van der Waals surface area contributed by atoms with E-state index in [1.54, 1.807) is 25.1 Å². The van der Waals surface area contributed by atoms with Crippen molar-refractivity contribution in [3.8, 4) is 0 Å². The predicted molar refractivity (Wildman–Crippen MR) is 86.5 cm³/mol. The van der Waals surface area contributed by atoms with Crippen LogP contribution in [0.15, 0.2) is 42.5 Å². The van der Waals surface area contributed by atoms with E-state index in [9.17, 15) is 22.8 Å². The summed E-state index contributed by atoms with van der Waals surface area (Å²) in [6, 6.07) is 8.47. The van der Waals surface area contributed by atoms with Gasteiger partial charge in [0.15, 0.2) is 6.61 Å². The van der Waals surface area contributed by atoms with Gasteiger partial charge in [0.25, 0.3) is 5.91 Å². The quantitative estimate of drug-likeness (QED) is 0.807. The molecule has 0 aromatic heterocycles. The lowest BCUT2D eigenvalue weighted by Crippen LogP contribution is -2.21. The zero-order valence-corrected chi connectivity index (χ0v) is 13.7. The third-order valence-corrected chi connectivity index (χ3v) is 3.73. The van der Waals surface area contributed by atoms with Crippen LogP contribution in [0.4, 0.5) is 18.9 Å². The summed E-state index contributed by atoms with van der Waals surface area (Å²) in [6.45, 7) is 1.14. The minimum atomic E-state index is -4.49. The topological polar surface area (TPSA) is 55.4 Å². The smallest absolute Gasteiger partial charge is 0.416 e. The van der Waals surface area contributed by atoms with E-state index in [2.05, 4.69) is 5.32 Å². The van der Waals surface area contributed by atoms with Gasteiger partial charge in [-0.1, -0.05) is 17.7 Å². The molecule has 0 radical (unpaired) electrons. The molecule has 1 N–H and O–H groups in total. The van der Waals surface area contributed by atoms with Crippen molar-refractivity contribution in [1.29, 1.82) is 0 Å². The van der Waals surface area contributed by atoms with E-state index < -0.39 is 30.2 Å². The molecule has 8 heteroatoms. The van der Waals surface area contributed by atoms with Crippen LogP contribution in [0.2, 0.25) is 5.02 Å². The highest BCUT2D eigenvalue weighted by Gasteiger charge is 2.30. The Labute approximate surface area is 146 Å². The molecule has 0 atom stereocenters. The number of halogens is 4. The van der Waals surface area contributed by atoms with Crippen molar-refractivity contribution < 1.29 is 27.5 Å². The number of hydrogen-bond acceptors (Lipinski definition) is 3. The fraction of sp³-hybridized carbons (Fsp3) is 0.176. The number of alkyl halides is 3. The molecule has 0 aliphatic heterocycles. The number of ether oxygens (including phenoxy) is 1. The van der Waals surface area contributed by atoms with Crippen molar-refractivity contribution in [3.05, 3.63) is 64.2 Å². The minimum Gasteiger partial charge on any atom is -0.452 e. The van der Waals surface area contributed by atoms with Crippen molar-refractivity contribution in [1.82, 2.24) is 0 Å². The van der Waals surface area contributed by atoms with Crippen LogP contribution in [0.3, 0.4) is 0 Å². The Hall–Kier alpha value is -2.54. The summed E-state index contributed by atoms with van der Waals surface area (Å²) in [5.74, 6) is -1.49. The van der Waals surface area contributed by atoms with Crippen LogP contribution in [0.5, 0.6) is 0 Å². The highest BCUT2D eigenvalue weighted by Crippen LogP contribution is 2.29. The second-order valence-electron chi connectivity index (χ2n) is 5.11. The fourth-order valence-electron chi connectivity index (χ4n) is 1.94. The summed E-state index contributed by atoms with van der Waals surface area (Å²) in [5, 5.41) is 3.01. The summed E-state index contributed by atoms with van der Waals surface area (Å²) >= 11 is 5.93. The summed E-state index contributed by atoms with van der Waals surface area (Å²) in [6.07, 6.45) is -4.49. The van der Waals surface area contributed by atoms with Gasteiger partial charge in [-0.2, -0.15) is 13.2 Å². The molecule has 0 fully saturated rings. The van der Waals surface area contributed by atoms with Crippen molar-refractivity contribution in [2.45, 2.75) is 13.1 Å². The lowest BCUT2D eigenvalue weighted by atomic mass is 10.1. The van der Waals surface area contributed by atoms with Crippen LogP contribution in [0.1, 0.15) is 21.5 Å². The maximum absolute atomic E-state index is 12.5. The lowest BCUT2D eigenvalue weighted by molar-refractivity contribution is -0.137. The van der Waals surface area contributed by atoms with Crippen molar-refractivity contribution in [2.24, 2.45) is 0 Å². The second-order valence-corrected chi connectivity index (χ2v) is 5.52. The second kappa shape index (κ2) is 7.57. The molecule has 0 saturated carbocycles. The van der Waals surface area contributed by atoms with E-state index in [0.717, 1.165) is 24.3 Å². The third kappa shape index (κ3) is 4.96. The van der Waals surface area contributed by atoms with Gasteiger partial charge in [0.1, 0.15) is 0 Å². The Morgan fingerprint density at radius 3 is 2.36 bits per heavy atom. The number of esters is 1. The predicted octanol–water partition coefficient (Wildman–Crippen LogP) is 4.46. The van der Waals surface area contributed by atoms with E-state index in [1.165, 1.54) is 0 Å². The first-order valence-electron chi connectivity index (χ1n) is 7.08. The number of carbonyl (C=O) groups excluding carboxylic acids is 2. The number of nitrogens with one attached hydrogen (secondary N) is 1. The summed E-state index contributed by atoms with van der Waals surface area (Å²) in [4.78, 5) is 23.6. The number of benzene rings is 2. The largest absolute Gasteiger partial charge is 0.452 e. The van der Waals surface area contributed by atoms with Crippen LogP contribution in [-0.2, 0) is 15.7 Å². The maximum atomic E-state index is 12.5. The molecule has 4 nitrogen and oxygen atoms in total. The van der Waals surface area contributed by atoms with Gasteiger partial charge in [-0.25, -0.2) is 4.79 Å². The zero-order chi connectivity index (χ0) is 18.6. The molecular formula is C17H13ClF3NO3. The van der Waals surface area contributed by atoms with Crippen LogP contribution >= 0.6 is 11.6 Å². The molecule has 0 aliphatic carbocycles. The van der Waals surface area contributed by atoms with Crippen LogP contribution in [0.25, 0.3) is 0 Å². The average Bonchev–Trinajstić information content (AvgIpc) is 2.56.